The number of benzene rings is 1. The van der Waals surface area contributed by atoms with Crippen LogP contribution in [0.1, 0.15) is 33.6 Å². The van der Waals surface area contributed by atoms with Gasteiger partial charge in [0.1, 0.15) is 5.82 Å². The zero-order chi connectivity index (χ0) is 22.3. The Hall–Kier alpha value is -3.56. The van der Waals surface area contributed by atoms with E-state index in [4.69, 9.17) is 11.5 Å². The van der Waals surface area contributed by atoms with E-state index in [2.05, 4.69) is 25.1 Å². The van der Waals surface area contributed by atoms with E-state index in [0.717, 1.165) is 35.9 Å². The molecule has 10 nitrogen and oxygen atoms in total. The van der Waals surface area contributed by atoms with Crippen molar-refractivity contribution in [3.05, 3.63) is 24.3 Å². The molecule has 3 heterocycles. The molecule has 1 aliphatic heterocycles. The fourth-order valence-electron chi connectivity index (χ4n) is 4.33. The van der Waals surface area contributed by atoms with E-state index in [-0.39, 0.29) is 12.0 Å². The van der Waals surface area contributed by atoms with Crippen molar-refractivity contribution in [3.63, 3.8) is 0 Å². The van der Waals surface area contributed by atoms with E-state index >= 15 is 0 Å². The Kier molecular flexibility index (Phi) is 5.08. The molecule has 0 spiro atoms. The van der Waals surface area contributed by atoms with E-state index in [1.165, 1.54) is 0 Å². The normalized spacial score (nSPS) is 17.1. The van der Waals surface area contributed by atoms with Gasteiger partial charge in [0.2, 0.25) is 5.95 Å². The van der Waals surface area contributed by atoms with Crippen molar-refractivity contribution in [3.8, 4) is 11.3 Å². The quantitative estimate of drug-likeness (QED) is 0.501. The summed E-state index contributed by atoms with van der Waals surface area (Å²) in [5.41, 5.74) is 13.8. The number of nitrogens with one attached hydrogen (secondary N) is 1. The lowest BCUT2D eigenvalue weighted by Gasteiger charge is -2.44. The standard InChI is InChI=1S/C21H28N8O2/c1-21(2,3)29(20(30)31)13-5-4-8-28(11-13)17-10-15(24-19(23)25-17)12-6-7-14-16(9-12)26-27-18(14)22/h6-7,9-10,13H,4-5,8,11H2,1-3H3,(H,30,31)(H3,22,26,27)(H2,23,24,25). The van der Waals surface area contributed by atoms with Crippen LogP contribution in [-0.4, -0.2) is 60.9 Å². The van der Waals surface area contributed by atoms with Crippen LogP contribution in [0.15, 0.2) is 24.3 Å². The van der Waals surface area contributed by atoms with Gasteiger partial charge in [-0.3, -0.25) is 10.00 Å². The number of fused-ring (bicyclic) bond motifs is 1. The Morgan fingerprint density at radius 3 is 2.74 bits per heavy atom. The predicted molar refractivity (Wildman–Crippen MR) is 121 cm³/mol. The number of aromatic nitrogens is 4. The molecule has 0 bridgehead atoms. The Balaban J connectivity index is 1.65. The molecule has 3 aromatic rings. The minimum atomic E-state index is -0.908. The number of carbonyl (C=O) groups is 1. The van der Waals surface area contributed by atoms with Crippen molar-refractivity contribution in [2.75, 3.05) is 29.5 Å². The second-order valence-corrected chi connectivity index (χ2v) is 8.90. The van der Waals surface area contributed by atoms with Crippen LogP contribution in [0.2, 0.25) is 0 Å². The number of nitrogen functional groups attached to an aromatic ring is 2. The van der Waals surface area contributed by atoms with Crippen molar-refractivity contribution in [1.82, 2.24) is 25.1 Å². The average molecular weight is 425 g/mol. The van der Waals surface area contributed by atoms with Crippen LogP contribution < -0.4 is 16.4 Å². The largest absolute Gasteiger partial charge is 0.465 e. The zero-order valence-electron chi connectivity index (χ0n) is 18.0. The third kappa shape index (κ3) is 4.05. The first-order valence-electron chi connectivity index (χ1n) is 10.3. The predicted octanol–water partition coefficient (Wildman–Crippen LogP) is 2.93. The number of aromatic amines is 1. The van der Waals surface area contributed by atoms with Crippen molar-refractivity contribution in [1.29, 1.82) is 0 Å². The zero-order valence-corrected chi connectivity index (χ0v) is 18.0. The van der Waals surface area contributed by atoms with Crippen LogP contribution in [-0.2, 0) is 0 Å². The molecule has 0 saturated carbocycles. The summed E-state index contributed by atoms with van der Waals surface area (Å²) in [4.78, 5) is 24.4. The van der Waals surface area contributed by atoms with E-state index in [1.54, 1.807) is 4.90 Å². The number of nitrogens with two attached hydrogens (primary N) is 2. The molecule has 0 aliphatic carbocycles. The number of hydrogen-bond acceptors (Lipinski definition) is 7. The van der Waals surface area contributed by atoms with Crippen LogP contribution in [0.25, 0.3) is 22.2 Å². The van der Waals surface area contributed by atoms with Gasteiger partial charge in [-0.2, -0.15) is 10.1 Å². The third-order valence-electron chi connectivity index (χ3n) is 5.63. The number of amides is 1. The smallest absolute Gasteiger partial charge is 0.408 e. The van der Waals surface area contributed by atoms with Crippen LogP contribution >= 0.6 is 0 Å². The summed E-state index contributed by atoms with van der Waals surface area (Å²) in [7, 11) is 0. The molecule has 1 saturated heterocycles. The van der Waals surface area contributed by atoms with Gasteiger partial charge in [0.15, 0.2) is 5.82 Å². The monoisotopic (exact) mass is 424 g/mol. The Bertz CT molecular complexity index is 1120. The summed E-state index contributed by atoms with van der Waals surface area (Å²) in [5.74, 6) is 1.31. The molecule has 1 aromatic carbocycles. The van der Waals surface area contributed by atoms with Gasteiger partial charge in [0.25, 0.3) is 0 Å². The Labute approximate surface area is 180 Å². The summed E-state index contributed by atoms with van der Waals surface area (Å²) >= 11 is 0. The summed E-state index contributed by atoms with van der Waals surface area (Å²) in [5, 5.41) is 17.6. The molecule has 6 N–H and O–H groups in total. The Morgan fingerprint density at radius 2 is 2.03 bits per heavy atom. The van der Waals surface area contributed by atoms with Crippen LogP contribution in [0.3, 0.4) is 0 Å². The molecular formula is C21H28N8O2. The lowest BCUT2D eigenvalue weighted by atomic mass is 9.97. The molecule has 1 atom stereocenters. The van der Waals surface area contributed by atoms with Gasteiger partial charge in [0, 0.05) is 35.6 Å². The van der Waals surface area contributed by atoms with Crippen molar-refractivity contribution < 1.29 is 9.90 Å². The minimum absolute atomic E-state index is 0.129. The molecule has 1 fully saturated rings. The van der Waals surface area contributed by atoms with Gasteiger partial charge in [-0.1, -0.05) is 6.07 Å². The molecule has 2 aromatic heterocycles. The van der Waals surface area contributed by atoms with Crippen LogP contribution in [0, 0.1) is 0 Å². The van der Waals surface area contributed by atoms with Gasteiger partial charge in [-0.15, -0.1) is 0 Å². The van der Waals surface area contributed by atoms with Crippen LogP contribution in [0.5, 0.6) is 0 Å². The first-order chi connectivity index (χ1) is 14.6. The molecule has 1 unspecified atom stereocenters. The van der Waals surface area contributed by atoms with E-state index in [9.17, 15) is 9.90 Å². The van der Waals surface area contributed by atoms with Gasteiger partial charge in [-0.05, 0) is 45.7 Å². The lowest BCUT2D eigenvalue weighted by Crippen LogP contribution is -2.57. The number of piperidine rings is 1. The fraction of sp³-hybridized carbons (Fsp3) is 0.429. The highest BCUT2D eigenvalue weighted by molar-refractivity contribution is 5.91. The maximum absolute atomic E-state index is 11.9. The van der Waals surface area contributed by atoms with E-state index in [1.807, 2.05) is 45.0 Å². The second-order valence-electron chi connectivity index (χ2n) is 8.90. The lowest BCUT2D eigenvalue weighted by molar-refractivity contribution is 0.0647. The number of hydrogen-bond donors (Lipinski definition) is 4. The first kappa shape index (κ1) is 20.7. The molecule has 0 radical (unpaired) electrons. The van der Waals surface area contributed by atoms with Gasteiger partial charge in [0.05, 0.1) is 17.3 Å². The SMILES string of the molecule is CC(C)(C)N(C(=O)O)C1CCCN(c2cc(-c3ccc4c(N)n[nH]c4c3)nc(N)n2)C1. The number of nitrogens with zero attached hydrogens (tertiary/aromatic N) is 5. The summed E-state index contributed by atoms with van der Waals surface area (Å²) in [6.07, 6.45) is 0.767. The topological polar surface area (TPSA) is 150 Å². The fourth-order valence-corrected chi connectivity index (χ4v) is 4.33. The highest BCUT2D eigenvalue weighted by Gasteiger charge is 2.36. The molecule has 10 heteroatoms. The van der Waals surface area contributed by atoms with Gasteiger partial charge < -0.3 is 21.5 Å². The highest BCUT2D eigenvalue weighted by Crippen LogP contribution is 2.30. The Morgan fingerprint density at radius 1 is 1.26 bits per heavy atom. The number of rotatable bonds is 3. The van der Waals surface area contributed by atoms with Crippen molar-refractivity contribution >= 4 is 34.6 Å². The third-order valence-corrected chi connectivity index (χ3v) is 5.63. The van der Waals surface area contributed by atoms with Crippen molar-refractivity contribution in [2.24, 2.45) is 0 Å². The van der Waals surface area contributed by atoms with Crippen molar-refractivity contribution in [2.45, 2.75) is 45.2 Å². The highest BCUT2D eigenvalue weighted by atomic mass is 16.4. The number of carboxylic acid groups (broad SMARTS) is 1. The van der Waals surface area contributed by atoms with Crippen LogP contribution in [0.4, 0.5) is 22.4 Å². The molecule has 1 aliphatic rings. The summed E-state index contributed by atoms with van der Waals surface area (Å²) < 4.78 is 0. The summed E-state index contributed by atoms with van der Waals surface area (Å²) in [6, 6.07) is 7.50. The molecule has 31 heavy (non-hydrogen) atoms. The average Bonchev–Trinajstić information content (AvgIpc) is 3.07. The maximum Gasteiger partial charge on any atom is 0.408 e. The first-order valence-corrected chi connectivity index (χ1v) is 10.3. The number of H-pyrrole nitrogens is 1. The molecule has 1 amide bonds. The van der Waals surface area contributed by atoms with E-state index in [0.29, 0.717) is 23.9 Å². The molecule has 164 valence electrons. The molecule has 4 rings (SSSR count). The maximum atomic E-state index is 11.9. The second kappa shape index (κ2) is 7.60. The van der Waals surface area contributed by atoms with Gasteiger partial charge >= 0.3 is 6.09 Å². The molecular weight excluding hydrogens is 396 g/mol. The summed E-state index contributed by atoms with van der Waals surface area (Å²) in [6.45, 7) is 7.08. The van der Waals surface area contributed by atoms with E-state index < -0.39 is 11.6 Å². The van der Waals surface area contributed by atoms with Gasteiger partial charge in [-0.25, -0.2) is 9.78 Å². The number of anilines is 3. The minimum Gasteiger partial charge on any atom is -0.465 e.